The molecular formula is C15H14F4N2. The van der Waals surface area contributed by atoms with Crippen molar-refractivity contribution in [3.8, 4) is 0 Å². The van der Waals surface area contributed by atoms with Crippen LogP contribution in [0.4, 0.5) is 17.6 Å². The van der Waals surface area contributed by atoms with Crippen molar-refractivity contribution in [3.05, 3.63) is 70.8 Å². The van der Waals surface area contributed by atoms with Crippen molar-refractivity contribution in [1.29, 1.82) is 0 Å². The maximum atomic E-state index is 13.6. The van der Waals surface area contributed by atoms with Gasteiger partial charge in [0.1, 0.15) is 23.3 Å². The average Bonchev–Trinajstić information content (AvgIpc) is 2.41. The second-order valence-electron chi connectivity index (χ2n) is 4.79. The zero-order chi connectivity index (χ0) is 15.4. The van der Waals surface area contributed by atoms with Crippen molar-refractivity contribution in [2.75, 3.05) is 0 Å². The minimum atomic E-state index is -0.697. The first-order valence-electron chi connectivity index (χ1n) is 6.33. The van der Waals surface area contributed by atoms with Gasteiger partial charge < -0.3 is 0 Å². The van der Waals surface area contributed by atoms with Crippen molar-refractivity contribution in [3.63, 3.8) is 0 Å². The molecule has 1 atom stereocenters. The normalized spacial score (nSPS) is 12.4. The highest BCUT2D eigenvalue weighted by Crippen LogP contribution is 2.15. The number of hydrogen-bond donors (Lipinski definition) is 2. The highest BCUT2D eigenvalue weighted by Gasteiger charge is 2.14. The van der Waals surface area contributed by atoms with Crippen LogP contribution in [0.5, 0.6) is 0 Å². The van der Waals surface area contributed by atoms with Crippen molar-refractivity contribution in [1.82, 2.24) is 5.43 Å². The van der Waals surface area contributed by atoms with Gasteiger partial charge >= 0.3 is 0 Å². The molecule has 0 heterocycles. The lowest BCUT2D eigenvalue weighted by atomic mass is 9.99. The van der Waals surface area contributed by atoms with Gasteiger partial charge in [-0.25, -0.2) is 17.6 Å². The standard InChI is InChI=1S/C15H14F4N2/c16-11-1-2-15(19)10(6-11)7-14(21-20)5-9-3-12(17)8-13(18)4-9/h1-4,6,8,14,21H,5,7,20H2. The van der Waals surface area contributed by atoms with Crippen LogP contribution in [0.2, 0.25) is 0 Å². The summed E-state index contributed by atoms with van der Waals surface area (Å²) in [5, 5.41) is 0. The molecule has 0 bridgehead atoms. The van der Waals surface area contributed by atoms with Gasteiger partial charge in [0.2, 0.25) is 0 Å². The van der Waals surface area contributed by atoms with Crippen LogP contribution in [0, 0.1) is 23.3 Å². The van der Waals surface area contributed by atoms with E-state index in [0.29, 0.717) is 5.56 Å². The first kappa shape index (κ1) is 15.5. The molecule has 0 radical (unpaired) electrons. The van der Waals surface area contributed by atoms with E-state index in [4.69, 9.17) is 5.84 Å². The number of benzene rings is 2. The van der Waals surface area contributed by atoms with Crippen LogP contribution in [0.25, 0.3) is 0 Å². The van der Waals surface area contributed by atoms with E-state index in [0.717, 1.165) is 24.3 Å². The molecule has 112 valence electrons. The summed E-state index contributed by atoms with van der Waals surface area (Å²) in [7, 11) is 0. The lowest BCUT2D eigenvalue weighted by Crippen LogP contribution is -2.38. The zero-order valence-electron chi connectivity index (χ0n) is 11.0. The minimum Gasteiger partial charge on any atom is -0.271 e. The Morgan fingerprint density at radius 1 is 0.857 bits per heavy atom. The lowest BCUT2D eigenvalue weighted by Gasteiger charge is -2.16. The van der Waals surface area contributed by atoms with E-state index in [-0.39, 0.29) is 18.4 Å². The van der Waals surface area contributed by atoms with Crippen LogP contribution in [0.15, 0.2) is 36.4 Å². The summed E-state index contributed by atoms with van der Waals surface area (Å²) >= 11 is 0. The number of nitrogens with two attached hydrogens (primary N) is 1. The summed E-state index contributed by atoms with van der Waals surface area (Å²) in [6, 6.07) is 5.76. The fourth-order valence-electron chi connectivity index (χ4n) is 2.17. The van der Waals surface area contributed by atoms with Crippen LogP contribution in [-0.4, -0.2) is 6.04 Å². The summed E-state index contributed by atoms with van der Waals surface area (Å²) < 4.78 is 52.9. The molecule has 21 heavy (non-hydrogen) atoms. The van der Waals surface area contributed by atoms with Crippen molar-refractivity contribution in [2.45, 2.75) is 18.9 Å². The largest absolute Gasteiger partial charge is 0.271 e. The molecule has 0 saturated heterocycles. The molecule has 0 aliphatic carbocycles. The molecule has 0 saturated carbocycles. The summed E-state index contributed by atoms with van der Waals surface area (Å²) in [6.07, 6.45) is 0.277. The third-order valence-electron chi connectivity index (χ3n) is 3.11. The van der Waals surface area contributed by atoms with E-state index in [9.17, 15) is 17.6 Å². The summed E-state index contributed by atoms with van der Waals surface area (Å²) in [4.78, 5) is 0. The van der Waals surface area contributed by atoms with E-state index in [1.807, 2.05) is 0 Å². The van der Waals surface area contributed by atoms with Gasteiger partial charge in [-0.05, 0) is 54.3 Å². The molecule has 0 aromatic heterocycles. The number of hydrogen-bond acceptors (Lipinski definition) is 2. The molecule has 0 spiro atoms. The smallest absolute Gasteiger partial charge is 0.126 e. The van der Waals surface area contributed by atoms with Gasteiger partial charge in [0.25, 0.3) is 0 Å². The second kappa shape index (κ2) is 6.69. The van der Waals surface area contributed by atoms with Crippen LogP contribution in [0.3, 0.4) is 0 Å². The molecular weight excluding hydrogens is 284 g/mol. The minimum absolute atomic E-state index is 0.0955. The molecule has 0 aliphatic rings. The molecule has 0 fully saturated rings. The maximum Gasteiger partial charge on any atom is 0.126 e. The van der Waals surface area contributed by atoms with E-state index >= 15 is 0 Å². The molecule has 2 nitrogen and oxygen atoms in total. The fraction of sp³-hybridized carbons (Fsp3) is 0.200. The SMILES string of the molecule is NNC(Cc1cc(F)cc(F)c1)Cc1cc(F)ccc1F. The Kier molecular flexibility index (Phi) is 4.93. The molecule has 2 aromatic rings. The number of halogens is 4. The Morgan fingerprint density at radius 3 is 2.14 bits per heavy atom. The van der Waals surface area contributed by atoms with Gasteiger partial charge in [0.05, 0.1) is 0 Å². The third kappa shape index (κ3) is 4.27. The highest BCUT2D eigenvalue weighted by molar-refractivity contribution is 5.22. The lowest BCUT2D eigenvalue weighted by molar-refractivity contribution is 0.498. The Bertz CT molecular complexity index is 611. The first-order chi connectivity index (χ1) is 9.97. The highest BCUT2D eigenvalue weighted by atomic mass is 19.1. The molecule has 0 amide bonds. The average molecular weight is 298 g/mol. The molecule has 3 N–H and O–H groups in total. The summed E-state index contributed by atoms with van der Waals surface area (Å²) in [5.41, 5.74) is 2.98. The quantitative estimate of drug-likeness (QED) is 0.506. The summed E-state index contributed by atoms with van der Waals surface area (Å²) in [6.45, 7) is 0. The predicted octanol–water partition coefficient (Wildman–Crippen LogP) is 2.86. The van der Waals surface area contributed by atoms with Crippen LogP contribution < -0.4 is 11.3 Å². The van der Waals surface area contributed by atoms with Gasteiger partial charge in [0.15, 0.2) is 0 Å². The van der Waals surface area contributed by atoms with Crippen LogP contribution in [-0.2, 0) is 12.8 Å². The van der Waals surface area contributed by atoms with Crippen molar-refractivity contribution >= 4 is 0 Å². The zero-order valence-corrected chi connectivity index (χ0v) is 11.0. The van der Waals surface area contributed by atoms with Crippen molar-refractivity contribution in [2.24, 2.45) is 5.84 Å². The predicted molar refractivity (Wildman–Crippen MR) is 71.2 cm³/mol. The Morgan fingerprint density at radius 2 is 1.52 bits per heavy atom. The molecule has 6 heteroatoms. The van der Waals surface area contributed by atoms with E-state index in [1.165, 1.54) is 12.1 Å². The first-order valence-corrected chi connectivity index (χ1v) is 6.33. The number of rotatable bonds is 5. The monoisotopic (exact) mass is 298 g/mol. The topological polar surface area (TPSA) is 38.0 Å². The van der Waals surface area contributed by atoms with Gasteiger partial charge in [-0.2, -0.15) is 0 Å². The Balaban J connectivity index is 2.14. The Hall–Kier alpha value is -1.92. The number of nitrogens with one attached hydrogen (secondary N) is 1. The van der Waals surface area contributed by atoms with Crippen LogP contribution in [0.1, 0.15) is 11.1 Å². The van der Waals surface area contributed by atoms with Crippen molar-refractivity contribution < 1.29 is 17.6 Å². The van der Waals surface area contributed by atoms with Gasteiger partial charge in [-0.1, -0.05) is 0 Å². The van der Waals surface area contributed by atoms with Crippen LogP contribution >= 0.6 is 0 Å². The second-order valence-corrected chi connectivity index (χ2v) is 4.79. The molecule has 2 aromatic carbocycles. The maximum absolute atomic E-state index is 13.6. The molecule has 1 unspecified atom stereocenters. The summed E-state index contributed by atoms with van der Waals surface area (Å²) in [5.74, 6) is 2.88. The Labute approximate surface area is 119 Å². The molecule has 0 aliphatic heterocycles. The molecule has 2 rings (SSSR count). The van der Waals surface area contributed by atoms with E-state index in [2.05, 4.69) is 5.43 Å². The van der Waals surface area contributed by atoms with Gasteiger partial charge in [-0.15, -0.1) is 0 Å². The van der Waals surface area contributed by atoms with E-state index < -0.39 is 29.3 Å². The van der Waals surface area contributed by atoms with E-state index in [1.54, 1.807) is 0 Å². The van der Waals surface area contributed by atoms with Gasteiger partial charge in [-0.3, -0.25) is 11.3 Å². The number of hydrazine groups is 1. The van der Waals surface area contributed by atoms with Gasteiger partial charge in [0, 0.05) is 12.1 Å². The third-order valence-corrected chi connectivity index (χ3v) is 3.11. The fourth-order valence-corrected chi connectivity index (χ4v) is 2.17.